The second-order valence-corrected chi connectivity index (χ2v) is 6.03. The number of alkyl halides is 2. The van der Waals surface area contributed by atoms with Gasteiger partial charge >= 0.3 is 6.61 Å². The molecule has 0 aliphatic rings. The maximum atomic E-state index is 13.1. The van der Waals surface area contributed by atoms with Crippen LogP contribution in [-0.4, -0.2) is 43.5 Å². The third-order valence-electron chi connectivity index (χ3n) is 3.57. The van der Waals surface area contributed by atoms with Gasteiger partial charge in [0.25, 0.3) is 0 Å². The maximum Gasteiger partial charge on any atom is 0.387 e. The molecule has 2 rings (SSSR count). The van der Waals surface area contributed by atoms with Gasteiger partial charge in [-0.15, -0.1) is 0 Å². The highest BCUT2D eigenvalue weighted by atomic mass is 19.3. The van der Waals surface area contributed by atoms with Gasteiger partial charge in [-0.05, 0) is 42.9 Å². The van der Waals surface area contributed by atoms with Crippen molar-refractivity contribution in [3.63, 3.8) is 0 Å². The van der Waals surface area contributed by atoms with Gasteiger partial charge in [-0.25, -0.2) is 4.39 Å². The smallest absolute Gasteiger partial charge is 0.387 e. The molecule has 0 unspecified atom stereocenters. The van der Waals surface area contributed by atoms with Crippen LogP contribution in [0.4, 0.5) is 18.9 Å². The minimum Gasteiger partial charge on any atom is -0.435 e. The zero-order valence-corrected chi connectivity index (χ0v) is 15.1. The van der Waals surface area contributed by atoms with E-state index in [-0.39, 0.29) is 37.2 Å². The number of nitrogens with zero attached hydrogens (tertiary/aromatic N) is 1. The van der Waals surface area contributed by atoms with Crippen molar-refractivity contribution in [3.05, 3.63) is 59.9 Å². The first-order valence-electron chi connectivity index (χ1n) is 8.36. The number of nitrogens with one attached hydrogen (secondary N) is 2. The van der Waals surface area contributed by atoms with Crippen molar-refractivity contribution in [3.8, 4) is 5.75 Å². The Morgan fingerprint density at radius 2 is 1.75 bits per heavy atom. The van der Waals surface area contributed by atoms with Crippen molar-refractivity contribution in [1.82, 2.24) is 10.2 Å². The summed E-state index contributed by atoms with van der Waals surface area (Å²) in [6.45, 7) is -2.76. The molecule has 0 spiro atoms. The molecule has 28 heavy (non-hydrogen) atoms. The Kier molecular flexibility index (Phi) is 7.82. The van der Waals surface area contributed by atoms with Crippen LogP contribution in [0.5, 0.6) is 5.75 Å². The molecular formula is C19H20F3N3O3. The normalized spacial score (nSPS) is 10.8. The van der Waals surface area contributed by atoms with Crippen LogP contribution in [0.2, 0.25) is 0 Å². The number of rotatable bonds is 9. The molecule has 0 bridgehead atoms. The van der Waals surface area contributed by atoms with Gasteiger partial charge in [0.2, 0.25) is 11.8 Å². The van der Waals surface area contributed by atoms with Gasteiger partial charge in [0.1, 0.15) is 11.6 Å². The Labute approximate surface area is 160 Å². The first-order chi connectivity index (χ1) is 13.3. The van der Waals surface area contributed by atoms with Crippen LogP contribution in [0.15, 0.2) is 48.5 Å². The van der Waals surface area contributed by atoms with Gasteiger partial charge in [-0.2, -0.15) is 8.78 Å². The maximum absolute atomic E-state index is 13.1. The molecule has 0 fully saturated rings. The minimum atomic E-state index is -2.89. The standard InChI is InChI=1S/C19H20F3N3O3/c1-25(12-18(27)24-15-4-2-3-14(20)9-15)11-17(26)23-10-13-5-7-16(8-6-13)28-19(21)22/h2-9,19H,10-12H2,1H3,(H,23,26)(H,24,27). The number of halogens is 3. The molecule has 0 saturated heterocycles. The highest BCUT2D eigenvalue weighted by Gasteiger charge is 2.11. The number of anilines is 1. The van der Waals surface area contributed by atoms with E-state index in [0.29, 0.717) is 11.3 Å². The molecule has 2 N–H and O–H groups in total. The Morgan fingerprint density at radius 1 is 1.07 bits per heavy atom. The van der Waals surface area contributed by atoms with Gasteiger partial charge < -0.3 is 15.4 Å². The molecule has 0 aliphatic carbocycles. The molecule has 0 heterocycles. The minimum absolute atomic E-state index is 0.0247. The molecule has 0 aliphatic heterocycles. The lowest BCUT2D eigenvalue weighted by Gasteiger charge is -2.16. The fourth-order valence-corrected chi connectivity index (χ4v) is 2.36. The molecule has 9 heteroatoms. The lowest BCUT2D eigenvalue weighted by molar-refractivity contribution is -0.123. The fourth-order valence-electron chi connectivity index (χ4n) is 2.36. The van der Waals surface area contributed by atoms with E-state index in [4.69, 9.17) is 0 Å². The average molecular weight is 395 g/mol. The molecule has 0 aromatic heterocycles. The summed E-state index contributed by atoms with van der Waals surface area (Å²) in [4.78, 5) is 25.4. The number of amides is 2. The Morgan fingerprint density at radius 3 is 2.39 bits per heavy atom. The summed E-state index contributed by atoms with van der Waals surface area (Å²) in [5.74, 6) is -1.11. The van der Waals surface area contributed by atoms with Crippen LogP contribution in [0, 0.1) is 5.82 Å². The highest BCUT2D eigenvalue weighted by molar-refractivity contribution is 5.92. The van der Waals surface area contributed by atoms with Crippen LogP contribution < -0.4 is 15.4 Å². The summed E-state index contributed by atoms with van der Waals surface area (Å²) < 4.78 is 41.5. The van der Waals surface area contributed by atoms with E-state index >= 15 is 0 Å². The van der Waals surface area contributed by atoms with Gasteiger partial charge in [0, 0.05) is 12.2 Å². The molecule has 2 amide bonds. The van der Waals surface area contributed by atoms with E-state index in [0.717, 1.165) is 0 Å². The molecule has 150 valence electrons. The third-order valence-corrected chi connectivity index (χ3v) is 3.57. The lowest BCUT2D eigenvalue weighted by atomic mass is 10.2. The Bertz CT molecular complexity index is 801. The zero-order valence-electron chi connectivity index (χ0n) is 15.1. The molecule has 0 saturated carbocycles. The third kappa shape index (κ3) is 7.67. The van der Waals surface area contributed by atoms with E-state index in [1.165, 1.54) is 35.2 Å². The van der Waals surface area contributed by atoms with Crippen LogP contribution in [0.1, 0.15) is 5.56 Å². The summed E-state index contributed by atoms with van der Waals surface area (Å²) in [5, 5.41) is 5.22. The predicted molar refractivity (Wildman–Crippen MR) is 97.4 cm³/mol. The van der Waals surface area contributed by atoms with Crippen molar-refractivity contribution in [2.24, 2.45) is 0 Å². The molecule has 0 atom stereocenters. The van der Waals surface area contributed by atoms with E-state index in [1.54, 1.807) is 25.2 Å². The monoisotopic (exact) mass is 395 g/mol. The predicted octanol–water partition coefficient (Wildman–Crippen LogP) is 2.61. The molecular weight excluding hydrogens is 375 g/mol. The van der Waals surface area contributed by atoms with Gasteiger partial charge in [-0.3, -0.25) is 14.5 Å². The number of carbonyl (C=O) groups is 2. The first-order valence-corrected chi connectivity index (χ1v) is 8.36. The highest BCUT2D eigenvalue weighted by Crippen LogP contribution is 2.14. The van der Waals surface area contributed by atoms with Crippen molar-refractivity contribution < 1.29 is 27.5 Å². The quantitative estimate of drug-likeness (QED) is 0.685. The molecule has 6 nitrogen and oxygen atoms in total. The van der Waals surface area contributed by atoms with Crippen molar-refractivity contribution in [1.29, 1.82) is 0 Å². The van der Waals surface area contributed by atoms with Crippen LogP contribution >= 0.6 is 0 Å². The summed E-state index contributed by atoms with van der Waals surface area (Å²) in [6.07, 6.45) is 0. The number of benzene rings is 2. The summed E-state index contributed by atoms with van der Waals surface area (Å²) in [7, 11) is 1.60. The topological polar surface area (TPSA) is 70.7 Å². The van der Waals surface area contributed by atoms with Crippen LogP contribution in [0.3, 0.4) is 0 Å². The zero-order chi connectivity index (χ0) is 20.5. The first kappa shape index (κ1) is 21.2. The number of likely N-dealkylation sites (N-methyl/N-ethyl adjacent to an activating group) is 1. The summed E-state index contributed by atoms with van der Waals surface area (Å²) >= 11 is 0. The van der Waals surface area contributed by atoms with Gasteiger partial charge in [0.05, 0.1) is 13.1 Å². The largest absolute Gasteiger partial charge is 0.435 e. The van der Waals surface area contributed by atoms with Crippen molar-refractivity contribution >= 4 is 17.5 Å². The average Bonchev–Trinajstić information content (AvgIpc) is 2.60. The van der Waals surface area contributed by atoms with Crippen molar-refractivity contribution in [2.45, 2.75) is 13.2 Å². The number of hydrogen-bond acceptors (Lipinski definition) is 4. The fraction of sp³-hybridized carbons (Fsp3) is 0.263. The van der Waals surface area contributed by atoms with Crippen molar-refractivity contribution in [2.75, 3.05) is 25.5 Å². The SMILES string of the molecule is CN(CC(=O)NCc1ccc(OC(F)F)cc1)CC(=O)Nc1cccc(F)c1. The lowest BCUT2D eigenvalue weighted by Crippen LogP contribution is -2.38. The van der Waals surface area contributed by atoms with Gasteiger partial charge in [0.15, 0.2) is 0 Å². The second kappa shape index (κ2) is 10.3. The van der Waals surface area contributed by atoms with E-state index in [9.17, 15) is 22.8 Å². The molecule has 0 radical (unpaired) electrons. The van der Waals surface area contributed by atoms with Gasteiger partial charge in [-0.1, -0.05) is 18.2 Å². The number of ether oxygens (including phenoxy) is 1. The van der Waals surface area contributed by atoms with Crippen LogP contribution in [0.25, 0.3) is 0 Å². The second-order valence-electron chi connectivity index (χ2n) is 6.03. The Balaban J connectivity index is 1.72. The van der Waals surface area contributed by atoms with Crippen LogP contribution in [-0.2, 0) is 16.1 Å². The summed E-state index contributed by atoms with van der Waals surface area (Å²) in [5.41, 5.74) is 1.04. The number of hydrogen-bond donors (Lipinski definition) is 2. The molecule has 2 aromatic carbocycles. The van der Waals surface area contributed by atoms with E-state index < -0.39 is 12.4 Å². The van der Waals surface area contributed by atoms with E-state index in [2.05, 4.69) is 15.4 Å². The summed E-state index contributed by atoms with van der Waals surface area (Å²) in [6, 6.07) is 11.4. The number of carbonyl (C=O) groups excluding carboxylic acids is 2. The van der Waals surface area contributed by atoms with E-state index in [1.807, 2.05) is 0 Å². The molecule has 2 aromatic rings. The Hall–Kier alpha value is -3.07.